The molecule has 2 fully saturated rings. The molecule has 0 unspecified atom stereocenters. The van der Waals surface area contributed by atoms with Gasteiger partial charge in [0, 0.05) is 29.6 Å². The van der Waals surface area contributed by atoms with Gasteiger partial charge in [0.15, 0.2) is 5.75 Å². The molecule has 1 aromatic carbocycles. The average molecular weight is 491 g/mol. The van der Waals surface area contributed by atoms with E-state index in [1.54, 1.807) is 18.9 Å². The van der Waals surface area contributed by atoms with Crippen LogP contribution in [0.4, 0.5) is 0 Å². The van der Waals surface area contributed by atoms with Crippen molar-refractivity contribution in [1.29, 1.82) is 0 Å². The summed E-state index contributed by atoms with van der Waals surface area (Å²) in [5.74, 6) is 0.498. The number of hydrogen-bond acceptors (Lipinski definition) is 7. The van der Waals surface area contributed by atoms with Crippen molar-refractivity contribution in [3.05, 3.63) is 49.5 Å². The van der Waals surface area contributed by atoms with Crippen LogP contribution >= 0.6 is 23.5 Å². The number of allylic oxidation sites excluding steroid dienone is 1. The third-order valence-electron chi connectivity index (χ3n) is 6.88. The van der Waals surface area contributed by atoms with E-state index in [2.05, 4.69) is 18.7 Å². The van der Waals surface area contributed by atoms with Gasteiger partial charge in [-0.25, -0.2) is 0 Å². The third-order valence-corrected chi connectivity index (χ3v) is 9.94. The summed E-state index contributed by atoms with van der Waals surface area (Å²) in [7, 11) is 1.56. The second-order valence-corrected chi connectivity index (χ2v) is 12.1. The highest BCUT2D eigenvalue weighted by molar-refractivity contribution is 8.23. The van der Waals surface area contributed by atoms with Crippen molar-refractivity contribution in [3.8, 4) is 5.75 Å². The van der Waals surface area contributed by atoms with Crippen LogP contribution in [0.2, 0.25) is 0 Å². The molecule has 8 heteroatoms. The van der Waals surface area contributed by atoms with Crippen molar-refractivity contribution in [2.45, 2.75) is 69.7 Å². The largest absolute Gasteiger partial charge is 0.493 e. The molecule has 0 radical (unpaired) electrons. The summed E-state index contributed by atoms with van der Waals surface area (Å²) in [6, 6.07) is 5.85. The SMILES string of the molecule is CC[C@H](O)[C@@H]1C(=O)N2C(C)=C(S[C@H]3CCN(Cc4ccc(C(C)C)cc(OC)c4=O)C3)S[C@H]12. The first-order valence-electron chi connectivity index (χ1n) is 11.7. The molecule has 2 saturated heterocycles. The van der Waals surface area contributed by atoms with E-state index < -0.39 is 6.10 Å². The summed E-state index contributed by atoms with van der Waals surface area (Å²) in [6.45, 7) is 10.6. The Morgan fingerprint density at radius 3 is 2.73 bits per heavy atom. The van der Waals surface area contributed by atoms with Gasteiger partial charge in [-0.1, -0.05) is 44.7 Å². The van der Waals surface area contributed by atoms with Crippen LogP contribution in [0.3, 0.4) is 0 Å². The molecule has 0 saturated carbocycles. The molecule has 4 rings (SSSR count). The molecule has 33 heavy (non-hydrogen) atoms. The van der Waals surface area contributed by atoms with E-state index in [1.165, 1.54) is 4.24 Å². The summed E-state index contributed by atoms with van der Waals surface area (Å²) < 4.78 is 6.60. The molecule has 0 bridgehead atoms. The highest BCUT2D eigenvalue weighted by atomic mass is 32.2. The quantitative estimate of drug-likeness (QED) is 0.553. The topological polar surface area (TPSA) is 70.1 Å². The maximum atomic E-state index is 13.0. The second kappa shape index (κ2) is 10.0. The fourth-order valence-electron chi connectivity index (χ4n) is 4.74. The van der Waals surface area contributed by atoms with E-state index in [4.69, 9.17) is 4.74 Å². The highest BCUT2D eigenvalue weighted by Crippen LogP contribution is 2.55. The van der Waals surface area contributed by atoms with Gasteiger partial charge in [0.1, 0.15) is 5.37 Å². The van der Waals surface area contributed by atoms with E-state index in [9.17, 15) is 14.7 Å². The van der Waals surface area contributed by atoms with Crippen LogP contribution in [0.25, 0.3) is 0 Å². The van der Waals surface area contributed by atoms with Gasteiger partial charge in [0.25, 0.3) is 0 Å². The molecule has 3 aliphatic rings. The number of carbonyl (C=O) groups is 1. The number of nitrogens with zero attached hydrogens (tertiary/aromatic N) is 2. The number of likely N-dealkylation sites (tertiary alicyclic amines) is 1. The first kappa shape index (κ1) is 24.6. The predicted molar refractivity (Wildman–Crippen MR) is 135 cm³/mol. The van der Waals surface area contributed by atoms with E-state index in [0.717, 1.165) is 36.3 Å². The van der Waals surface area contributed by atoms with Gasteiger partial charge >= 0.3 is 0 Å². The number of β-lactam (4-membered cyclic amide) rings is 1. The van der Waals surface area contributed by atoms with Gasteiger partial charge in [0.05, 0.1) is 23.4 Å². The summed E-state index contributed by atoms with van der Waals surface area (Å²) in [6.07, 6.45) is 1.08. The number of methoxy groups -OCH3 is 1. The molecule has 1 aromatic rings. The van der Waals surface area contributed by atoms with Gasteiger partial charge < -0.3 is 14.7 Å². The fraction of sp³-hybridized carbons (Fsp3) is 0.600. The Bertz CT molecular complexity index is 1010. The minimum absolute atomic E-state index is 0.0335. The van der Waals surface area contributed by atoms with Gasteiger partial charge in [-0.2, -0.15) is 0 Å². The number of amides is 1. The molecule has 3 aliphatic heterocycles. The number of hydrogen-bond donors (Lipinski definition) is 1. The van der Waals surface area contributed by atoms with Crippen molar-refractivity contribution >= 4 is 29.4 Å². The maximum absolute atomic E-state index is 13.0. The van der Waals surface area contributed by atoms with Crippen LogP contribution in [-0.2, 0) is 11.3 Å². The first-order chi connectivity index (χ1) is 15.7. The Morgan fingerprint density at radius 1 is 1.30 bits per heavy atom. The Hall–Kier alpha value is -1.48. The van der Waals surface area contributed by atoms with Crippen molar-refractivity contribution in [2.75, 3.05) is 20.2 Å². The number of aliphatic hydroxyl groups is 1. The summed E-state index contributed by atoms with van der Waals surface area (Å²) in [5, 5.41) is 10.7. The molecule has 0 aromatic heterocycles. The second-order valence-electron chi connectivity index (χ2n) is 9.41. The van der Waals surface area contributed by atoms with Crippen molar-refractivity contribution < 1.29 is 14.6 Å². The lowest BCUT2D eigenvalue weighted by molar-refractivity contribution is -0.153. The van der Waals surface area contributed by atoms with E-state index in [1.807, 2.05) is 48.7 Å². The molecule has 4 atom stereocenters. The fourth-order valence-corrected chi connectivity index (χ4v) is 8.05. The highest BCUT2D eigenvalue weighted by Gasteiger charge is 2.55. The zero-order valence-corrected chi connectivity index (χ0v) is 21.7. The molecule has 180 valence electrons. The molecular formula is C25H34N2O4S2. The molecule has 1 amide bonds. The van der Waals surface area contributed by atoms with Gasteiger partial charge in [-0.15, -0.1) is 11.8 Å². The summed E-state index contributed by atoms with van der Waals surface area (Å²) >= 11 is 3.58. The van der Waals surface area contributed by atoms with Crippen molar-refractivity contribution in [1.82, 2.24) is 9.80 Å². The Morgan fingerprint density at radius 2 is 2.06 bits per heavy atom. The van der Waals surface area contributed by atoms with E-state index in [0.29, 0.717) is 29.9 Å². The molecule has 6 nitrogen and oxygen atoms in total. The van der Waals surface area contributed by atoms with E-state index >= 15 is 0 Å². The number of ether oxygens (including phenoxy) is 1. The third kappa shape index (κ3) is 4.72. The van der Waals surface area contributed by atoms with Crippen LogP contribution in [-0.4, -0.2) is 57.7 Å². The molecular weight excluding hydrogens is 456 g/mol. The number of rotatable bonds is 8. The van der Waals surface area contributed by atoms with Gasteiger partial charge in [0.2, 0.25) is 11.3 Å². The van der Waals surface area contributed by atoms with Crippen LogP contribution < -0.4 is 10.2 Å². The zero-order chi connectivity index (χ0) is 23.9. The van der Waals surface area contributed by atoms with Crippen molar-refractivity contribution in [2.24, 2.45) is 5.92 Å². The molecule has 0 aliphatic carbocycles. The lowest BCUT2D eigenvalue weighted by Crippen LogP contribution is -2.60. The Kier molecular flexibility index (Phi) is 7.48. The Balaban J connectivity index is 1.40. The number of thioether (sulfide) groups is 2. The molecule has 0 spiro atoms. The van der Waals surface area contributed by atoms with Crippen LogP contribution in [0, 0.1) is 5.92 Å². The van der Waals surface area contributed by atoms with Crippen molar-refractivity contribution in [3.63, 3.8) is 0 Å². The predicted octanol–water partition coefficient (Wildman–Crippen LogP) is 3.98. The number of fused-ring (bicyclic) bond motifs is 1. The summed E-state index contributed by atoms with van der Waals surface area (Å²) in [4.78, 5) is 29.7. The lowest BCUT2D eigenvalue weighted by atomic mass is 9.90. The summed E-state index contributed by atoms with van der Waals surface area (Å²) in [5.41, 5.74) is 2.85. The minimum Gasteiger partial charge on any atom is -0.493 e. The minimum atomic E-state index is -0.563. The van der Waals surface area contributed by atoms with Crippen LogP contribution in [0.1, 0.15) is 57.6 Å². The normalized spacial score (nSPS) is 26.1. The average Bonchev–Trinajstić information content (AvgIpc) is 3.28. The molecule has 1 N–H and O–H groups in total. The maximum Gasteiger partial charge on any atom is 0.236 e. The smallest absolute Gasteiger partial charge is 0.236 e. The van der Waals surface area contributed by atoms with E-state index in [-0.39, 0.29) is 22.6 Å². The lowest BCUT2D eigenvalue weighted by Gasteiger charge is -2.44. The van der Waals surface area contributed by atoms with Gasteiger partial charge in [-0.05, 0) is 43.9 Å². The van der Waals surface area contributed by atoms with Crippen LogP contribution in [0.5, 0.6) is 5.75 Å². The standard InChI is InChI=1S/C25H34N2O4S2/c1-6-19(28)21-23(30)27-15(4)25(33-24(21)27)32-18-9-10-26(13-18)12-17-8-7-16(14(2)3)11-20(31-5)22(17)29/h7-8,11,14,18-19,21,24,28H,6,9-10,12-13H2,1-5H3/t18-,19-,21+,24+/m0/s1. The number of carbonyl (C=O) groups excluding carboxylic acids is 1. The Labute approximate surface area is 204 Å². The van der Waals surface area contributed by atoms with Crippen LogP contribution in [0.15, 0.2) is 32.9 Å². The molecule has 3 heterocycles. The zero-order valence-electron chi connectivity index (χ0n) is 20.0. The van der Waals surface area contributed by atoms with Gasteiger partial charge in [-0.3, -0.25) is 14.5 Å². The monoisotopic (exact) mass is 490 g/mol. The number of aliphatic hydroxyl groups excluding tert-OH is 1. The first-order valence-corrected chi connectivity index (χ1v) is 13.5.